The monoisotopic (exact) mass is 356 g/mol. The van der Waals surface area contributed by atoms with Crippen LogP contribution in [0.25, 0.3) is 0 Å². The standard InChI is InChI=1S/C14H17BrN2O4/c1-3-8-21-12-5-4-10(15)9-11(12)16-14(20)17(2)7-6-13(18)19/h3-5,9H,1,6-8H2,2H3,(H,16,20)(H,18,19). The molecule has 0 aliphatic heterocycles. The van der Waals surface area contributed by atoms with Gasteiger partial charge in [0.1, 0.15) is 12.4 Å². The van der Waals surface area contributed by atoms with Gasteiger partial charge in [-0.1, -0.05) is 28.6 Å². The predicted octanol–water partition coefficient (Wildman–Crippen LogP) is 2.95. The van der Waals surface area contributed by atoms with Gasteiger partial charge in [0.2, 0.25) is 0 Å². The Labute approximate surface area is 131 Å². The Hall–Kier alpha value is -2.02. The molecule has 21 heavy (non-hydrogen) atoms. The molecular weight excluding hydrogens is 340 g/mol. The highest BCUT2D eigenvalue weighted by Gasteiger charge is 2.13. The normalized spacial score (nSPS) is 9.81. The average Bonchev–Trinajstić information content (AvgIpc) is 2.43. The first-order valence-electron chi connectivity index (χ1n) is 6.21. The van der Waals surface area contributed by atoms with Crippen LogP contribution < -0.4 is 10.1 Å². The van der Waals surface area contributed by atoms with E-state index in [4.69, 9.17) is 9.84 Å². The summed E-state index contributed by atoms with van der Waals surface area (Å²) < 4.78 is 6.24. The largest absolute Gasteiger partial charge is 0.487 e. The zero-order chi connectivity index (χ0) is 15.8. The fourth-order valence-corrected chi connectivity index (χ4v) is 1.81. The lowest BCUT2D eigenvalue weighted by atomic mass is 10.3. The number of amides is 2. The van der Waals surface area contributed by atoms with Gasteiger partial charge >= 0.3 is 12.0 Å². The van der Waals surface area contributed by atoms with Gasteiger partial charge < -0.3 is 20.1 Å². The van der Waals surface area contributed by atoms with Crippen LogP contribution >= 0.6 is 15.9 Å². The minimum absolute atomic E-state index is 0.109. The lowest BCUT2D eigenvalue weighted by Gasteiger charge is -2.18. The van der Waals surface area contributed by atoms with Crippen LogP contribution in [0.2, 0.25) is 0 Å². The molecule has 0 saturated heterocycles. The lowest BCUT2D eigenvalue weighted by Crippen LogP contribution is -2.33. The van der Waals surface area contributed by atoms with Crippen molar-refractivity contribution in [2.24, 2.45) is 0 Å². The molecule has 0 aromatic heterocycles. The number of carbonyl (C=O) groups excluding carboxylic acids is 1. The Morgan fingerprint density at radius 1 is 1.52 bits per heavy atom. The van der Waals surface area contributed by atoms with Crippen LogP contribution in [-0.4, -0.2) is 42.2 Å². The van der Waals surface area contributed by atoms with Crippen LogP contribution in [0.15, 0.2) is 35.3 Å². The smallest absolute Gasteiger partial charge is 0.321 e. The van der Waals surface area contributed by atoms with Crippen LogP contribution in [0, 0.1) is 0 Å². The summed E-state index contributed by atoms with van der Waals surface area (Å²) in [5.41, 5.74) is 0.499. The number of benzene rings is 1. The molecule has 7 heteroatoms. The van der Waals surface area contributed by atoms with Crippen molar-refractivity contribution in [3.63, 3.8) is 0 Å². The maximum absolute atomic E-state index is 12.0. The zero-order valence-corrected chi connectivity index (χ0v) is 13.2. The number of ether oxygens (including phenoxy) is 1. The molecule has 0 heterocycles. The molecule has 0 saturated carbocycles. The average molecular weight is 357 g/mol. The Kier molecular flexibility index (Phi) is 6.74. The number of carbonyl (C=O) groups is 2. The van der Waals surface area contributed by atoms with Gasteiger partial charge in [-0.25, -0.2) is 4.79 Å². The number of urea groups is 1. The molecule has 0 spiro atoms. The van der Waals surface area contributed by atoms with Crippen molar-refractivity contribution in [1.82, 2.24) is 4.90 Å². The van der Waals surface area contributed by atoms with Crippen molar-refractivity contribution in [1.29, 1.82) is 0 Å². The fourth-order valence-electron chi connectivity index (χ4n) is 1.45. The van der Waals surface area contributed by atoms with Crippen LogP contribution in [-0.2, 0) is 4.79 Å². The summed E-state index contributed by atoms with van der Waals surface area (Å²) in [6.07, 6.45) is 1.49. The van der Waals surface area contributed by atoms with E-state index in [0.29, 0.717) is 18.0 Å². The third-order valence-corrected chi connectivity index (χ3v) is 3.04. The number of nitrogens with zero attached hydrogens (tertiary/aromatic N) is 1. The third kappa shape index (κ3) is 5.86. The number of carboxylic acid groups (broad SMARTS) is 1. The lowest BCUT2D eigenvalue weighted by molar-refractivity contribution is -0.137. The van der Waals surface area contributed by atoms with Gasteiger partial charge in [-0.05, 0) is 18.2 Å². The molecule has 2 N–H and O–H groups in total. The van der Waals surface area contributed by atoms with Gasteiger partial charge in [0, 0.05) is 18.1 Å². The maximum Gasteiger partial charge on any atom is 0.321 e. The number of halogens is 1. The zero-order valence-electron chi connectivity index (χ0n) is 11.6. The number of hydrogen-bond acceptors (Lipinski definition) is 3. The molecule has 0 bridgehead atoms. The Morgan fingerprint density at radius 3 is 2.86 bits per heavy atom. The molecule has 0 radical (unpaired) electrons. The van der Waals surface area contributed by atoms with Gasteiger partial charge in [0.15, 0.2) is 0 Å². The maximum atomic E-state index is 12.0. The van der Waals surface area contributed by atoms with Crippen molar-refractivity contribution < 1.29 is 19.4 Å². The second-order valence-electron chi connectivity index (χ2n) is 4.24. The van der Waals surface area contributed by atoms with E-state index in [1.54, 1.807) is 24.3 Å². The van der Waals surface area contributed by atoms with E-state index in [9.17, 15) is 9.59 Å². The molecular formula is C14H17BrN2O4. The first kappa shape index (κ1) is 17.0. The van der Waals surface area contributed by atoms with Gasteiger partial charge in [-0.2, -0.15) is 0 Å². The van der Waals surface area contributed by atoms with E-state index in [0.717, 1.165) is 4.47 Å². The van der Waals surface area contributed by atoms with E-state index in [2.05, 4.69) is 27.8 Å². The summed E-state index contributed by atoms with van der Waals surface area (Å²) >= 11 is 3.32. The summed E-state index contributed by atoms with van der Waals surface area (Å²) in [4.78, 5) is 23.8. The first-order chi connectivity index (χ1) is 9.93. The van der Waals surface area contributed by atoms with Gasteiger partial charge in [0.05, 0.1) is 12.1 Å². The van der Waals surface area contributed by atoms with E-state index >= 15 is 0 Å². The number of carboxylic acids is 1. The molecule has 1 aromatic rings. The van der Waals surface area contributed by atoms with E-state index in [-0.39, 0.29) is 13.0 Å². The third-order valence-electron chi connectivity index (χ3n) is 2.55. The predicted molar refractivity (Wildman–Crippen MR) is 83.7 cm³/mol. The Balaban J connectivity index is 2.75. The van der Waals surface area contributed by atoms with Crippen molar-refractivity contribution in [2.75, 3.05) is 25.5 Å². The summed E-state index contributed by atoms with van der Waals surface area (Å²) in [6, 6.07) is 4.82. The van der Waals surface area contributed by atoms with Crippen molar-refractivity contribution >= 4 is 33.6 Å². The SMILES string of the molecule is C=CCOc1ccc(Br)cc1NC(=O)N(C)CCC(=O)O. The molecule has 0 atom stereocenters. The molecule has 0 fully saturated rings. The van der Waals surface area contributed by atoms with E-state index < -0.39 is 12.0 Å². The highest BCUT2D eigenvalue weighted by atomic mass is 79.9. The highest BCUT2D eigenvalue weighted by Crippen LogP contribution is 2.28. The topological polar surface area (TPSA) is 78.9 Å². The van der Waals surface area contributed by atoms with Gasteiger partial charge in [-0.3, -0.25) is 4.79 Å². The molecule has 0 aliphatic carbocycles. The number of nitrogens with one attached hydrogen (secondary N) is 1. The molecule has 6 nitrogen and oxygen atoms in total. The summed E-state index contributed by atoms with van der Waals surface area (Å²) in [5, 5.41) is 11.3. The van der Waals surface area contributed by atoms with Crippen LogP contribution in [0.3, 0.4) is 0 Å². The summed E-state index contributed by atoms with van der Waals surface area (Å²) in [7, 11) is 1.53. The minimum atomic E-state index is -0.952. The van der Waals surface area contributed by atoms with Gasteiger partial charge in [-0.15, -0.1) is 0 Å². The fraction of sp³-hybridized carbons (Fsp3) is 0.286. The minimum Gasteiger partial charge on any atom is -0.487 e. The number of hydrogen-bond donors (Lipinski definition) is 2. The van der Waals surface area contributed by atoms with Crippen LogP contribution in [0.4, 0.5) is 10.5 Å². The molecule has 0 unspecified atom stereocenters. The summed E-state index contributed by atoms with van der Waals surface area (Å²) in [6.45, 7) is 4.01. The Bertz CT molecular complexity index is 534. The van der Waals surface area contributed by atoms with E-state index in [1.807, 2.05) is 0 Å². The second kappa shape index (κ2) is 8.31. The molecule has 0 aliphatic rings. The number of anilines is 1. The quantitative estimate of drug-likeness (QED) is 0.736. The molecule has 2 amide bonds. The molecule has 114 valence electrons. The van der Waals surface area contributed by atoms with Crippen molar-refractivity contribution in [2.45, 2.75) is 6.42 Å². The van der Waals surface area contributed by atoms with Crippen molar-refractivity contribution in [3.05, 3.63) is 35.3 Å². The summed E-state index contributed by atoms with van der Waals surface area (Å²) in [5.74, 6) is -0.440. The second-order valence-corrected chi connectivity index (χ2v) is 5.15. The first-order valence-corrected chi connectivity index (χ1v) is 7.00. The van der Waals surface area contributed by atoms with Crippen molar-refractivity contribution in [3.8, 4) is 5.75 Å². The molecule has 1 rings (SSSR count). The highest BCUT2D eigenvalue weighted by molar-refractivity contribution is 9.10. The van der Waals surface area contributed by atoms with E-state index in [1.165, 1.54) is 11.9 Å². The molecule has 1 aromatic carbocycles. The van der Waals surface area contributed by atoms with Crippen LogP contribution in [0.1, 0.15) is 6.42 Å². The Morgan fingerprint density at radius 2 is 2.24 bits per heavy atom. The van der Waals surface area contributed by atoms with Crippen LogP contribution in [0.5, 0.6) is 5.75 Å². The van der Waals surface area contributed by atoms with Gasteiger partial charge in [0.25, 0.3) is 0 Å². The number of rotatable bonds is 7. The number of aliphatic carboxylic acids is 1.